The number of sulfone groups is 1. The van der Waals surface area contributed by atoms with E-state index in [1.54, 1.807) is 6.92 Å². The highest BCUT2D eigenvalue weighted by molar-refractivity contribution is 7.92. The maximum Gasteiger partial charge on any atom is 0.185 e. The molecule has 0 atom stereocenters. The van der Waals surface area contributed by atoms with Crippen LogP contribution in [0.25, 0.3) is 11.0 Å². The van der Waals surface area contributed by atoms with Gasteiger partial charge in [0.25, 0.3) is 0 Å². The van der Waals surface area contributed by atoms with Gasteiger partial charge in [0.15, 0.2) is 9.84 Å². The molecule has 0 radical (unpaired) electrons. The van der Waals surface area contributed by atoms with Gasteiger partial charge in [-0.1, -0.05) is 39.2 Å². The van der Waals surface area contributed by atoms with Crippen LogP contribution in [0.5, 0.6) is 0 Å². The van der Waals surface area contributed by atoms with E-state index >= 15 is 0 Å². The molecule has 3 nitrogen and oxygen atoms in total. The number of hydrogen-bond acceptors (Lipinski definition) is 3. The van der Waals surface area contributed by atoms with Crippen molar-refractivity contribution in [3.8, 4) is 0 Å². The molecule has 4 heteroatoms. The Balaban J connectivity index is 2.16. The Morgan fingerprint density at radius 1 is 1.14 bits per heavy atom. The fourth-order valence-corrected chi connectivity index (χ4v) is 5.67. The van der Waals surface area contributed by atoms with Crippen molar-refractivity contribution >= 4 is 20.8 Å². The SMILES string of the molecule is Cc1oc2ccc(C(C)C)cc2c1S(=O)(=O)C1CCCCC1. The Hall–Kier alpha value is -1.29. The summed E-state index contributed by atoms with van der Waals surface area (Å²) in [5, 5.41) is 0.512. The van der Waals surface area contributed by atoms with Gasteiger partial charge in [-0.2, -0.15) is 0 Å². The van der Waals surface area contributed by atoms with E-state index in [4.69, 9.17) is 4.42 Å². The molecule has 1 aliphatic rings. The first-order chi connectivity index (χ1) is 10.4. The maximum absolute atomic E-state index is 13.1. The zero-order valence-corrected chi connectivity index (χ0v) is 14.4. The highest BCUT2D eigenvalue weighted by atomic mass is 32.2. The summed E-state index contributed by atoms with van der Waals surface area (Å²) in [6.45, 7) is 6.00. The molecule has 1 aliphatic carbocycles. The molecular weight excluding hydrogens is 296 g/mol. The number of benzene rings is 1. The highest BCUT2D eigenvalue weighted by Crippen LogP contribution is 2.37. The van der Waals surface area contributed by atoms with E-state index in [9.17, 15) is 8.42 Å². The number of rotatable bonds is 3. The third-order valence-corrected chi connectivity index (χ3v) is 7.20. The Morgan fingerprint density at radius 3 is 2.45 bits per heavy atom. The van der Waals surface area contributed by atoms with Crippen molar-refractivity contribution in [2.75, 3.05) is 0 Å². The van der Waals surface area contributed by atoms with Crippen LogP contribution in [0.3, 0.4) is 0 Å². The van der Waals surface area contributed by atoms with E-state index in [0.717, 1.165) is 43.1 Å². The summed E-state index contributed by atoms with van der Waals surface area (Å²) in [7, 11) is -3.31. The second-order valence-corrected chi connectivity index (χ2v) is 8.87. The monoisotopic (exact) mass is 320 g/mol. The molecule has 120 valence electrons. The first kappa shape index (κ1) is 15.6. The predicted octanol–water partition coefficient (Wildman–Crippen LogP) is 4.97. The van der Waals surface area contributed by atoms with E-state index < -0.39 is 9.84 Å². The van der Waals surface area contributed by atoms with Crippen molar-refractivity contribution in [3.63, 3.8) is 0 Å². The van der Waals surface area contributed by atoms with E-state index in [1.807, 2.05) is 18.2 Å². The van der Waals surface area contributed by atoms with Crippen LogP contribution in [0.15, 0.2) is 27.5 Å². The molecule has 0 unspecified atom stereocenters. The van der Waals surface area contributed by atoms with Gasteiger partial charge in [-0.15, -0.1) is 0 Å². The number of aryl methyl sites for hydroxylation is 1. The number of fused-ring (bicyclic) bond motifs is 1. The third kappa shape index (κ3) is 2.58. The average Bonchev–Trinajstić information content (AvgIpc) is 2.83. The summed E-state index contributed by atoms with van der Waals surface area (Å²) in [6.07, 6.45) is 4.72. The normalized spacial score (nSPS) is 17.5. The van der Waals surface area contributed by atoms with Crippen LogP contribution in [-0.2, 0) is 9.84 Å². The van der Waals surface area contributed by atoms with Crippen LogP contribution >= 0.6 is 0 Å². The minimum atomic E-state index is -3.31. The van der Waals surface area contributed by atoms with Gasteiger partial charge in [0, 0.05) is 5.39 Å². The lowest BCUT2D eigenvalue weighted by molar-refractivity contribution is 0.481. The van der Waals surface area contributed by atoms with Crippen molar-refractivity contribution in [2.45, 2.75) is 68.9 Å². The van der Waals surface area contributed by atoms with Crippen LogP contribution in [-0.4, -0.2) is 13.7 Å². The van der Waals surface area contributed by atoms with Gasteiger partial charge in [0.05, 0.1) is 5.25 Å². The van der Waals surface area contributed by atoms with E-state index in [1.165, 1.54) is 0 Å². The lowest BCUT2D eigenvalue weighted by Crippen LogP contribution is -2.24. The van der Waals surface area contributed by atoms with Gasteiger partial charge in [-0.25, -0.2) is 8.42 Å². The Bertz CT molecular complexity index is 778. The smallest absolute Gasteiger partial charge is 0.185 e. The maximum atomic E-state index is 13.1. The number of furan rings is 1. The molecule has 0 bridgehead atoms. The first-order valence-corrected chi connectivity index (χ1v) is 9.73. The Labute approximate surface area is 132 Å². The van der Waals surface area contributed by atoms with Gasteiger partial charge in [-0.3, -0.25) is 0 Å². The topological polar surface area (TPSA) is 47.3 Å². The van der Waals surface area contributed by atoms with Crippen molar-refractivity contribution in [3.05, 3.63) is 29.5 Å². The van der Waals surface area contributed by atoms with Gasteiger partial charge < -0.3 is 4.42 Å². The Kier molecular flexibility index (Phi) is 4.06. The van der Waals surface area contributed by atoms with Crippen molar-refractivity contribution in [1.82, 2.24) is 0 Å². The zero-order valence-electron chi connectivity index (χ0n) is 13.6. The lowest BCUT2D eigenvalue weighted by Gasteiger charge is -2.21. The molecule has 1 fully saturated rings. The van der Waals surface area contributed by atoms with Crippen LogP contribution in [0.4, 0.5) is 0 Å². The van der Waals surface area contributed by atoms with Crippen LogP contribution in [0, 0.1) is 6.92 Å². The third-order valence-electron chi connectivity index (χ3n) is 4.77. The summed E-state index contributed by atoms with van der Waals surface area (Å²) in [5.41, 5.74) is 1.82. The molecule has 1 aromatic heterocycles. The second kappa shape index (κ2) is 5.73. The second-order valence-electron chi connectivity index (χ2n) is 6.70. The van der Waals surface area contributed by atoms with Gasteiger partial charge in [0.1, 0.15) is 16.2 Å². The van der Waals surface area contributed by atoms with E-state index in [-0.39, 0.29) is 5.25 Å². The molecule has 1 heterocycles. The molecule has 22 heavy (non-hydrogen) atoms. The van der Waals surface area contributed by atoms with Crippen molar-refractivity contribution in [1.29, 1.82) is 0 Å². The largest absolute Gasteiger partial charge is 0.460 e. The summed E-state index contributed by atoms with van der Waals surface area (Å²) in [5.74, 6) is 0.895. The lowest BCUT2D eigenvalue weighted by atomic mass is 10.0. The fraction of sp³-hybridized carbons (Fsp3) is 0.556. The minimum Gasteiger partial charge on any atom is -0.460 e. The van der Waals surface area contributed by atoms with E-state index in [2.05, 4.69) is 13.8 Å². The number of hydrogen-bond donors (Lipinski definition) is 0. The van der Waals surface area contributed by atoms with Gasteiger partial charge >= 0.3 is 0 Å². The standard InChI is InChI=1S/C18H24O3S/c1-12(2)14-9-10-17-16(11-14)18(13(3)21-17)22(19,20)15-7-5-4-6-8-15/h9-12,15H,4-8H2,1-3H3. The molecule has 0 saturated heterocycles. The summed E-state index contributed by atoms with van der Waals surface area (Å²) in [4.78, 5) is 0.428. The molecule has 3 rings (SSSR count). The first-order valence-electron chi connectivity index (χ1n) is 8.18. The van der Waals surface area contributed by atoms with E-state index in [0.29, 0.717) is 22.2 Å². The van der Waals surface area contributed by atoms with Crippen LogP contribution in [0.1, 0.15) is 63.2 Å². The highest BCUT2D eigenvalue weighted by Gasteiger charge is 2.33. The summed E-state index contributed by atoms with van der Waals surface area (Å²) < 4.78 is 31.9. The molecule has 0 amide bonds. The molecule has 0 aliphatic heterocycles. The zero-order chi connectivity index (χ0) is 15.9. The van der Waals surface area contributed by atoms with Crippen LogP contribution in [0.2, 0.25) is 0 Å². The summed E-state index contributed by atoms with van der Waals surface area (Å²) >= 11 is 0. The van der Waals surface area contributed by atoms with Gasteiger partial charge in [0.2, 0.25) is 0 Å². The molecular formula is C18H24O3S. The molecule has 2 aromatic rings. The van der Waals surface area contributed by atoms with Crippen LogP contribution < -0.4 is 0 Å². The fourth-order valence-electron chi connectivity index (χ4n) is 3.47. The van der Waals surface area contributed by atoms with Gasteiger partial charge in [-0.05, 0) is 43.4 Å². The minimum absolute atomic E-state index is 0.247. The Morgan fingerprint density at radius 2 is 1.82 bits per heavy atom. The molecule has 0 spiro atoms. The van der Waals surface area contributed by atoms with Crippen molar-refractivity contribution < 1.29 is 12.8 Å². The van der Waals surface area contributed by atoms with Crippen molar-refractivity contribution in [2.24, 2.45) is 0 Å². The molecule has 0 N–H and O–H groups in total. The summed E-state index contributed by atoms with van der Waals surface area (Å²) in [6, 6.07) is 5.91. The molecule has 1 saturated carbocycles. The molecule has 1 aromatic carbocycles. The quantitative estimate of drug-likeness (QED) is 0.802. The predicted molar refractivity (Wildman–Crippen MR) is 89.1 cm³/mol. The average molecular weight is 320 g/mol.